The van der Waals surface area contributed by atoms with E-state index in [0.717, 1.165) is 11.1 Å². The van der Waals surface area contributed by atoms with Gasteiger partial charge in [-0.1, -0.05) is 6.07 Å². The average Bonchev–Trinajstić information content (AvgIpc) is 3.37. The normalized spacial score (nSPS) is 24.2. The number of aryl methyl sites for hydroxylation is 2. The molecule has 0 radical (unpaired) electrons. The summed E-state index contributed by atoms with van der Waals surface area (Å²) < 4.78 is 26.9. The predicted molar refractivity (Wildman–Crippen MR) is 90.5 cm³/mol. The summed E-state index contributed by atoms with van der Waals surface area (Å²) in [6.45, 7) is 4.85. The summed E-state index contributed by atoms with van der Waals surface area (Å²) in [5.74, 6) is -2.13. The van der Waals surface area contributed by atoms with Crippen molar-refractivity contribution >= 4 is 21.9 Å². The summed E-state index contributed by atoms with van der Waals surface area (Å²) in [5, 5.41) is 8.93. The van der Waals surface area contributed by atoms with Gasteiger partial charge >= 0.3 is 5.97 Å². The molecule has 7 nitrogen and oxygen atoms in total. The molecule has 1 aromatic rings. The minimum absolute atomic E-state index is 0.171. The number of nitrogens with zero attached hydrogens (tertiary/aromatic N) is 2. The van der Waals surface area contributed by atoms with Crippen LogP contribution in [0.2, 0.25) is 0 Å². The summed E-state index contributed by atoms with van der Waals surface area (Å²) in [4.78, 5) is 25.0. The first kappa shape index (κ1) is 17.9. The number of carboxylic acid groups (broad SMARTS) is 1. The molecule has 1 amide bonds. The molecular formula is C17H22N2O5S. The fourth-order valence-electron chi connectivity index (χ4n) is 3.15. The van der Waals surface area contributed by atoms with Crippen LogP contribution in [0, 0.1) is 25.7 Å². The number of carbonyl (C=O) groups is 2. The van der Waals surface area contributed by atoms with Gasteiger partial charge in [-0.15, -0.1) is 0 Å². The van der Waals surface area contributed by atoms with Crippen LogP contribution in [0.5, 0.6) is 0 Å². The van der Waals surface area contributed by atoms with E-state index in [1.54, 1.807) is 23.1 Å². The molecular weight excluding hydrogens is 344 g/mol. The van der Waals surface area contributed by atoms with Crippen molar-refractivity contribution in [3.8, 4) is 0 Å². The van der Waals surface area contributed by atoms with Crippen molar-refractivity contribution in [2.45, 2.75) is 25.2 Å². The molecule has 1 aliphatic carbocycles. The van der Waals surface area contributed by atoms with Gasteiger partial charge in [-0.05, 0) is 43.5 Å². The van der Waals surface area contributed by atoms with E-state index in [9.17, 15) is 18.0 Å². The molecule has 2 fully saturated rings. The number of benzene rings is 1. The standard InChI is InChI=1S/C17H22N2O5S/c1-11-3-4-13(9-12(11)2)25(23,24)19-7-5-18(6-8-19)16(20)14-10-15(14)17(21)22/h3-4,9,14-15H,5-8,10H2,1-2H3,(H,21,22). The predicted octanol–water partition coefficient (Wildman–Crippen LogP) is 0.857. The lowest BCUT2D eigenvalue weighted by atomic mass is 10.1. The van der Waals surface area contributed by atoms with E-state index < -0.39 is 27.8 Å². The highest BCUT2D eigenvalue weighted by Crippen LogP contribution is 2.40. The quantitative estimate of drug-likeness (QED) is 0.853. The largest absolute Gasteiger partial charge is 0.481 e. The second-order valence-electron chi connectivity index (χ2n) is 6.76. The number of amides is 1. The molecule has 2 aliphatic rings. The summed E-state index contributed by atoms with van der Waals surface area (Å²) in [7, 11) is -3.58. The first-order valence-electron chi connectivity index (χ1n) is 8.31. The van der Waals surface area contributed by atoms with Gasteiger partial charge < -0.3 is 10.0 Å². The molecule has 1 heterocycles. The molecule has 1 aromatic carbocycles. The van der Waals surface area contributed by atoms with Gasteiger partial charge in [-0.2, -0.15) is 4.31 Å². The number of carboxylic acids is 1. The highest BCUT2D eigenvalue weighted by Gasteiger charge is 2.50. The number of piperazine rings is 1. The monoisotopic (exact) mass is 366 g/mol. The Kier molecular flexibility index (Phi) is 4.59. The number of rotatable bonds is 4. The van der Waals surface area contributed by atoms with Crippen LogP contribution in [0.1, 0.15) is 17.5 Å². The molecule has 1 aliphatic heterocycles. The Balaban J connectivity index is 1.64. The maximum Gasteiger partial charge on any atom is 0.307 e. The van der Waals surface area contributed by atoms with Crippen LogP contribution in [0.4, 0.5) is 0 Å². The lowest BCUT2D eigenvalue weighted by Crippen LogP contribution is -2.51. The molecule has 0 spiro atoms. The van der Waals surface area contributed by atoms with Gasteiger partial charge in [0.2, 0.25) is 15.9 Å². The van der Waals surface area contributed by atoms with E-state index >= 15 is 0 Å². The number of carbonyl (C=O) groups excluding carboxylic acids is 1. The van der Waals surface area contributed by atoms with E-state index in [4.69, 9.17) is 5.11 Å². The molecule has 2 unspecified atom stereocenters. The van der Waals surface area contributed by atoms with Gasteiger partial charge in [0.25, 0.3) is 0 Å². The Bertz CT molecular complexity index is 812. The second kappa shape index (κ2) is 6.42. The highest BCUT2D eigenvalue weighted by atomic mass is 32.2. The van der Waals surface area contributed by atoms with Crippen molar-refractivity contribution < 1.29 is 23.1 Å². The highest BCUT2D eigenvalue weighted by molar-refractivity contribution is 7.89. The van der Waals surface area contributed by atoms with Gasteiger partial charge in [0.1, 0.15) is 0 Å². The number of aliphatic carboxylic acids is 1. The Morgan fingerprint density at radius 3 is 2.20 bits per heavy atom. The Morgan fingerprint density at radius 1 is 1.04 bits per heavy atom. The average molecular weight is 366 g/mol. The van der Waals surface area contributed by atoms with Crippen molar-refractivity contribution in [2.24, 2.45) is 11.8 Å². The fourth-order valence-corrected chi connectivity index (χ4v) is 4.66. The summed E-state index contributed by atoms with van der Waals surface area (Å²) in [6, 6.07) is 5.07. The maximum absolute atomic E-state index is 12.8. The smallest absolute Gasteiger partial charge is 0.307 e. The lowest BCUT2D eigenvalue weighted by Gasteiger charge is -2.34. The molecule has 1 saturated carbocycles. The molecule has 25 heavy (non-hydrogen) atoms. The van der Waals surface area contributed by atoms with Crippen molar-refractivity contribution in [3.63, 3.8) is 0 Å². The molecule has 8 heteroatoms. The Labute approximate surface area is 147 Å². The van der Waals surface area contributed by atoms with Gasteiger partial charge in [-0.25, -0.2) is 8.42 Å². The van der Waals surface area contributed by atoms with Crippen LogP contribution in [0.15, 0.2) is 23.1 Å². The van der Waals surface area contributed by atoms with Gasteiger partial charge in [-0.3, -0.25) is 9.59 Å². The van der Waals surface area contributed by atoms with Crippen molar-refractivity contribution in [2.75, 3.05) is 26.2 Å². The van der Waals surface area contributed by atoms with Crippen LogP contribution in [-0.2, 0) is 19.6 Å². The van der Waals surface area contributed by atoms with Crippen molar-refractivity contribution in [1.82, 2.24) is 9.21 Å². The van der Waals surface area contributed by atoms with Gasteiger partial charge in [0.15, 0.2) is 0 Å². The first-order valence-corrected chi connectivity index (χ1v) is 9.75. The van der Waals surface area contributed by atoms with E-state index in [1.165, 1.54) is 4.31 Å². The van der Waals surface area contributed by atoms with Crippen molar-refractivity contribution in [3.05, 3.63) is 29.3 Å². The molecule has 3 rings (SSSR count). The minimum Gasteiger partial charge on any atom is -0.481 e. The number of hydrogen-bond donors (Lipinski definition) is 1. The number of sulfonamides is 1. The van der Waals surface area contributed by atoms with Gasteiger partial charge in [0, 0.05) is 26.2 Å². The Hall–Kier alpha value is -1.93. The van der Waals surface area contributed by atoms with Crippen LogP contribution < -0.4 is 0 Å². The Morgan fingerprint density at radius 2 is 1.68 bits per heavy atom. The fraction of sp³-hybridized carbons (Fsp3) is 0.529. The zero-order valence-corrected chi connectivity index (χ0v) is 15.1. The van der Waals surface area contributed by atoms with Crippen molar-refractivity contribution in [1.29, 1.82) is 0 Å². The minimum atomic E-state index is -3.58. The van der Waals surface area contributed by atoms with Crippen LogP contribution >= 0.6 is 0 Å². The third kappa shape index (κ3) is 3.41. The van der Waals surface area contributed by atoms with Crippen LogP contribution in [0.3, 0.4) is 0 Å². The second-order valence-corrected chi connectivity index (χ2v) is 8.70. The topological polar surface area (TPSA) is 95.0 Å². The molecule has 0 bridgehead atoms. The van der Waals surface area contributed by atoms with Crippen LogP contribution in [-0.4, -0.2) is 60.8 Å². The van der Waals surface area contributed by atoms with Gasteiger partial charge in [0.05, 0.1) is 16.7 Å². The third-order valence-corrected chi connectivity index (χ3v) is 6.99. The first-order chi connectivity index (χ1) is 11.7. The van der Waals surface area contributed by atoms with Crippen LogP contribution in [0.25, 0.3) is 0 Å². The molecule has 2 atom stereocenters. The summed E-state index contributed by atoms with van der Waals surface area (Å²) in [6.07, 6.45) is 0.384. The lowest BCUT2D eigenvalue weighted by molar-refractivity contribution is -0.142. The molecule has 136 valence electrons. The SMILES string of the molecule is Cc1ccc(S(=O)(=O)N2CCN(C(=O)C3CC3C(=O)O)CC2)cc1C. The summed E-state index contributed by atoms with van der Waals surface area (Å²) in [5.41, 5.74) is 1.95. The zero-order valence-electron chi connectivity index (χ0n) is 14.3. The third-order valence-electron chi connectivity index (χ3n) is 5.09. The van der Waals surface area contributed by atoms with E-state index in [-0.39, 0.29) is 23.9 Å². The summed E-state index contributed by atoms with van der Waals surface area (Å²) >= 11 is 0. The van der Waals surface area contributed by atoms with E-state index in [0.29, 0.717) is 19.5 Å². The van der Waals surface area contributed by atoms with E-state index in [2.05, 4.69) is 0 Å². The molecule has 0 aromatic heterocycles. The zero-order chi connectivity index (χ0) is 18.4. The van der Waals surface area contributed by atoms with E-state index in [1.807, 2.05) is 13.8 Å². The molecule has 1 saturated heterocycles. The maximum atomic E-state index is 12.8. The number of hydrogen-bond acceptors (Lipinski definition) is 4. The molecule has 1 N–H and O–H groups in total.